The zero-order valence-electron chi connectivity index (χ0n) is 13.6. The number of hydrogen-bond donors (Lipinski definition) is 2. The van der Waals surface area contributed by atoms with Crippen LogP contribution in [0, 0.1) is 0 Å². The number of rotatable bonds is 5. The van der Waals surface area contributed by atoms with Crippen LogP contribution in [0.3, 0.4) is 0 Å². The molecule has 1 aromatic carbocycles. The predicted octanol–water partition coefficient (Wildman–Crippen LogP) is 4.99. The lowest BCUT2D eigenvalue weighted by molar-refractivity contribution is 0.0995. The summed E-state index contributed by atoms with van der Waals surface area (Å²) in [6.45, 7) is 1.96. The summed E-state index contributed by atoms with van der Waals surface area (Å²) in [5.74, 6) is -0.261. The van der Waals surface area contributed by atoms with E-state index in [4.69, 9.17) is 9.15 Å². The molecule has 134 valence electrons. The summed E-state index contributed by atoms with van der Waals surface area (Å²) in [5, 5.41) is 6.13. The Hall–Kier alpha value is -2.65. The van der Waals surface area contributed by atoms with E-state index >= 15 is 0 Å². The van der Waals surface area contributed by atoms with Gasteiger partial charge in [-0.25, -0.2) is 9.78 Å². The Labute approximate surface area is 161 Å². The van der Waals surface area contributed by atoms with Crippen molar-refractivity contribution in [1.82, 2.24) is 4.98 Å². The van der Waals surface area contributed by atoms with Crippen molar-refractivity contribution in [3.63, 3.8) is 0 Å². The molecule has 3 rings (SSSR count). The number of halogens is 1. The lowest BCUT2D eigenvalue weighted by Crippen LogP contribution is -2.12. The van der Waals surface area contributed by atoms with E-state index in [0.29, 0.717) is 20.5 Å². The Morgan fingerprint density at radius 1 is 1.19 bits per heavy atom. The number of carbonyl (C=O) groups is 2. The molecule has 0 fully saturated rings. The maximum absolute atomic E-state index is 12.4. The van der Waals surface area contributed by atoms with Crippen LogP contribution in [0.15, 0.2) is 51.6 Å². The molecule has 0 atom stereocenters. The topological polar surface area (TPSA) is 93.5 Å². The van der Waals surface area contributed by atoms with Crippen LogP contribution in [0.1, 0.15) is 17.5 Å². The van der Waals surface area contributed by atoms with Gasteiger partial charge in [0, 0.05) is 5.56 Å². The van der Waals surface area contributed by atoms with Crippen LogP contribution < -0.4 is 10.6 Å². The molecule has 0 saturated carbocycles. The number of nitrogens with zero attached hydrogens (tertiary/aromatic N) is 1. The summed E-state index contributed by atoms with van der Waals surface area (Å²) in [6, 6.07) is 12.5. The fourth-order valence-corrected chi connectivity index (χ4v) is 3.28. The molecule has 0 radical (unpaired) electrons. The van der Waals surface area contributed by atoms with Gasteiger partial charge in [-0.15, -0.1) is 0 Å². The normalized spacial score (nSPS) is 10.4. The Kier molecular flexibility index (Phi) is 5.69. The van der Waals surface area contributed by atoms with Crippen molar-refractivity contribution in [2.45, 2.75) is 6.92 Å². The third-order valence-corrected chi connectivity index (χ3v) is 4.50. The number of thiazole rings is 1. The summed E-state index contributed by atoms with van der Waals surface area (Å²) < 4.78 is 10.6. The minimum Gasteiger partial charge on any atom is -0.450 e. The first-order chi connectivity index (χ1) is 12.6. The molecule has 0 aliphatic carbocycles. The zero-order valence-corrected chi connectivity index (χ0v) is 16.0. The van der Waals surface area contributed by atoms with Gasteiger partial charge >= 0.3 is 6.09 Å². The molecule has 7 nitrogen and oxygen atoms in total. The van der Waals surface area contributed by atoms with Gasteiger partial charge in [-0.3, -0.25) is 10.1 Å². The number of ether oxygens (including phenoxy) is 1. The fraction of sp³-hybridized carbons (Fsp3) is 0.118. The van der Waals surface area contributed by atoms with Crippen LogP contribution in [-0.2, 0) is 4.74 Å². The van der Waals surface area contributed by atoms with Crippen LogP contribution in [0.5, 0.6) is 0 Å². The largest absolute Gasteiger partial charge is 0.450 e. The second-order valence-corrected chi connectivity index (χ2v) is 6.75. The highest BCUT2D eigenvalue weighted by Crippen LogP contribution is 2.36. The van der Waals surface area contributed by atoms with E-state index in [1.165, 1.54) is 0 Å². The number of anilines is 2. The minimum atomic E-state index is -0.603. The van der Waals surface area contributed by atoms with Crippen molar-refractivity contribution in [2.24, 2.45) is 0 Å². The molecule has 0 unspecified atom stereocenters. The van der Waals surface area contributed by atoms with E-state index in [9.17, 15) is 9.59 Å². The molecule has 9 heteroatoms. The zero-order chi connectivity index (χ0) is 18.5. The molecule has 2 aromatic heterocycles. The first-order valence-corrected chi connectivity index (χ1v) is 9.24. The highest BCUT2D eigenvalue weighted by atomic mass is 79.9. The molecule has 2 N–H and O–H groups in total. The SMILES string of the molecule is CCOC(=O)Nc1nc(-c2ccccc2)c(NC(=O)c2ccc(Br)o2)s1. The summed E-state index contributed by atoms with van der Waals surface area (Å²) in [4.78, 5) is 28.4. The van der Waals surface area contributed by atoms with Crippen molar-refractivity contribution in [2.75, 3.05) is 17.2 Å². The van der Waals surface area contributed by atoms with Crippen molar-refractivity contribution >= 4 is 49.4 Å². The molecule has 0 spiro atoms. The Morgan fingerprint density at radius 2 is 1.96 bits per heavy atom. The van der Waals surface area contributed by atoms with E-state index in [1.807, 2.05) is 30.3 Å². The van der Waals surface area contributed by atoms with Gasteiger partial charge in [0.1, 0.15) is 10.7 Å². The van der Waals surface area contributed by atoms with Gasteiger partial charge < -0.3 is 14.5 Å². The van der Waals surface area contributed by atoms with E-state index in [1.54, 1.807) is 19.1 Å². The number of benzene rings is 1. The first-order valence-electron chi connectivity index (χ1n) is 7.63. The second-order valence-electron chi connectivity index (χ2n) is 4.97. The molecular formula is C17H14BrN3O4S. The van der Waals surface area contributed by atoms with Crippen LogP contribution >= 0.6 is 27.3 Å². The first kappa shape index (κ1) is 18.2. The molecule has 2 heterocycles. The van der Waals surface area contributed by atoms with E-state index < -0.39 is 12.0 Å². The van der Waals surface area contributed by atoms with E-state index in [2.05, 4.69) is 31.5 Å². The molecule has 26 heavy (non-hydrogen) atoms. The van der Waals surface area contributed by atoms with Crippen molar-refractivity contribution in [3.05, 3.63) is 52.9 Å². The molecule has 0 saturated heterocycles. The molecular weight excluding hydrogens is 422 g/mol. The second kappa shape index (κ2) is 8.15. The molecule has 0 aliphatic rings. The summed E-state index contributed by atoms with van der Waals surface area (Å²) in [7, 11) is 0. The number of hydrogen-bond acceptors (Lipinski definition) is 6. The van der Waals surface area contributed by atoms with Crippen LogP contribution in [-0.4, -0.2) is 23.6 Å². The third kappa shape index (κ3) is 4.30. The monoisotopic (exact) mass is 435 g/mol. The molecule has 0 bridgehead atoms. The van der Waals surface area contributed by atoms with Crippen molar-refractivity contribution < 1.29 is 18.7 Å². The fourth-order valence-electron chi connectivity index (χ4n) is 2.11. The average Bonchev–Trinajstić information content (AvgIpc) is 3.22. The number of carbonyl (C=O) groups excluding carboxylic acids is 2. The molecule has 2 amide bonds. The summed E-state index contributed by atoms with van der Waals surface area (Å²) in [5.41, 5.74) is 1.35. The van der Waals surface area contributed by atoms with Gasteiger partial charge in [-0.2, -0.15) is 0 Å². The lowest BCUT2D eigenvalue weighted by atomic mass is 10.2. The number of furan rings is 1. The highest BCUT2D eigenvalue weighted by Gasteiger charge is 2.19. The number of amides is 2. The van der Waals surface area contributed by atoms with Crippen LogP contribution in [0.4, 0.5) is 14.9 Å². The van der Waals surface area contributed by atoms with Crippen LogP contribution in [0.25, 0.3) is 11.3 Å². The van der Waals surface area contributed by atoms with Crippen molar-refractivity contribution in [3.8, 4) is 11.3 Å². The van der Waals surface area contributed by atoms with Gasteiger partial charge in [-0.05, 0) is 35.0 Å². The summed E-state index contributed by atoms with van der Waals surface area (Å²) >= 11 is 4.30. The van der Waals surface area contributed by atoms with Gasteiger partial charge in [0.2, 0.25) is 0 Å². The Morgan fingerprint density at radius 3 is 2.62 bits per heavy atom. The maximum atomic E-state index is 12.4. The molecule has 0 aliphatic heterocycles. The number of aromatic nitrogens is 1. The minimum absolute atomic E-state index is 0.157. The lowest BCUT2D eigenvalue weighted by Gasteiger charge is -2.03. The summed E-state index contributed by atoms with van der Waals surface area (Å²) in [6.07, 6.45) is -0.603. The van der Waals surface area contributed by atoms with Gasteiger partial charge in [0.15, 0.2) is 15.6 Å². The highest BCUT2D eigenvalue weighted by molar-refractivity contribution is 9.10. The van der Waals surface area contributed by atoms with Gasteiger partial charge in [0.25, 0.3) is 5.91 Å². The predicted molar refractivity (Wildman–Crippen MR) is 103 cm³/mol. The number of nitrogens with one attached hydrogen (secondary N) is 2. The molecule has 3 aromatic rings. The maximum Gasteiger partial charge on any atom is 0.413 e. The van der Waals surface area contributed by atoms with Gasteiger partial charge in [-0.1, -0.05) is 41.7 Å². The van der Waals surface area contributed by atoms with Crippen molar-refractivity contribution in [1.29, 1.82) is 0 Å². The van der Waals surface area contributed by atoms with E-state index in [0.717, 1.165) is 16.9 Å². The average molecular weight is 436 g/mol. The van der Waals surface area contributed by atoms with Crippen LogP contribution in [0.2, 0.25) is 0 Å². The Bertz CT molecular complexity index is 923. The smallest absolute Gasteiger partial charge is 0.413 e. The van der Waals surface area contributed by atoms with E-state index in [-0.39, 0.29) is 12.4 Å². The quantitative estimate of drug-likeness (QED) is 0.588. The standard InChI is InChI=1S/C17H14BrN3O4S/c1-2-24-17(23)21-16-19-13(10-6-4-3-5-7-10)15(26-16)20-14(22)11-8-9-12(18)25-11/h3-9H,2H2,1H3,(H,20,22)(H,19,21,23). The van der Waals surface area contributed by atoms with Gasteiger partial charge in [0.05, 0.1) is 6.61 Å². The third-order valence-electron chi connectivity index (χ3n) is 3.18. The Balaban J connectivity index is 1.90.